The topological polar surface area (TPSA) is 64.3 Å². The van der Waals surface area contributed by atoms with Crippen molar-refractivity contribution >= 4 is 11.6 Å². The van der Waals surface area contributed by atoms with E-state index in [9.17, 15) is 4.79 Å². The van der Waals surface area contributed by atoms with E-state index in [2.05, 4.69) is 37.4 Å². The van der Waals surface area contributed by atoms with Gasteiger partial charge in [-0.3, -0.25) is 4.79 Å². The second-order valence-electron chi connectivity index (χ2n) is 5.49. The second-order valence-corrected chi connectivity index (χ2v) is 5.49. The third-order valence-corrected chi connectivity index (χ3v) is 3.37. The largest absolute Gasteiger partial charge is 0.484 e. The number of rotatable bonds is 7. The Kier molecular flexibility index (Phi) is 5.42. The highest BCUT2D eigenvalue weighted by Crippen LogP contribution is 2.24. The molecule has 2 aromatic carbocycles. The number of nitrogens with two attached hydrogens (primary N) is 1. The van der Waals surface area contributed by atoms with Crippen molar-refractivity contribution in [2.45, 2.75) is 26.3 Å². The van der Waals surface area contributed by atoms with Crippen LogP contribution >= 0.6 is 0 Å². The smallest absolute Gasteiger partial charge is 0.255 e. The lowest BCUT2D eigenvalue weighted by Crippen LogP contribution is -2.19. The Labute approximate surface area is 131 Å². The molecule has 22 heavy (non-hydrogen) atoms. The number of carbonyl (C=O) groups excluding carboxylic acids is 1. The molecule has 0 bridgehead atoms. The number of benzene rings is 2. The summed E-state index contributed by atoms with van der Waals surface area (Å²) in [5.74, 6) is 0.648. The Morgan fingerprint density at radius 1 is 1.14 bits per heavy atom. The van der Waals surface area contributed by atoms with E-state index in [4.69, 9.17) is 10.5 Å². The minimum atomic E-state index is -0.476. The number of para-hydroxylation sites is 1. The number of carbonyl (C=O) groups is 1. The van der Waals surface area contributed by atoms with E-state index in [1.807, 2.05) is 30.3 Å². The van der Waals surface area contributed by atoms with Gasteiger partial charge >= 0.3 is 0 Å². The zero-order valence-electron chi connectivity index (χ0n) is 13.0. The van der Waals surface area contributed by atoms with Gasteiger partial charge in [0.05, 0.1) is 0 Å². The van der Waals surface area contributed by atoms with Crippen LogP contribution in [0.3, 0.4) is 0 Å². The molecule has 116 valence electrons. The highest BCUT2D eigenvalue weighted by Gasteiger charge is 2.05. The van der Waals surface area contributed by atoms with Crippen LogP contribution in [0.1, 0.15) is 30.9 Å². The minimum Gasteiger partial charge on any atom is -0.484 e. The fourth-order valence-corrected chi connectivity index (χ4v) is 2.22. The highest BCUT2D eigenvalue weighted by atomic mass is 16.5. The van der Waals surface area contributed by atoms with Gasteiger partial charge in [0.1, 0.15) is 5.75 Å². The minimum absolute atomic E-state index is 0.0979. The molecule has 0 aliphatic heterocycles. The lowest BCUT2D eigenvalue weighted by atomic mass is 10.0. The average molecular weight is 298 g/mol. The van der Waals surface area contributed by atoms with Crippen LogP contribution in [0.5, 0.6) is 5.75 Å². The van der Waals surface area contributed by atoms with Gasteiger partial charge in [0.25, 0.3) is 5.91 Å². The number of anilines is 1. The first-order valence-corrected chi connectivity index (χ1v) is 7.39. The molecule has 0 aromatic heterocycles. The first-order valence-electron chi connectivity index (χ1n) is 7.39. The summed E-state index contributed by atoms with van der Waals surface area (Å²) in [4.78, 5) is 10.7. The number of ether oxygens (including phenoxy) is 1. The van der Waals surface area contributed by atoms with Crippen LogP contribution < -0.4 is 15.8 Å². The molecule has 0 saturated heterocycles. The Morgan fingerprint density at radius 2 is 1.82 bits per heavy atom. The lowest BCUT2D eigenvalue weighted by Gasteiger charge is -2.14. The van der Waals surface area contributed by atoms with Gasteiger partial charge in [-0.15, -0.1) is 0 Å². The van der Waals surface area contributed by atoms with Gasteiger partial charge in [0.15, 0.2) is 6.61 Å². The molecule has 4 nitrogen and oxygen atoms in total. The maximum absolute atomic E-state index is 10.7. The molecular formula is C18H22N2O2. The summed E-state index contributed by atoms with van der Waals surface area (Å²) in [6.45, 7) is 5.01. The summed E-state index contributed by atoms with van der Waals surface area (Å²) in [5.41, 5.74) is 8.66. The van der Waals surface area contributed by atoms with Crippen molar-refractivity contribution in [1.29, 1.82) is 0 Å². The van der Waals surface area contributed by atoms with Gasteiger partial charge in [-0.2, -0.15) is 0 Å². The van der Waals surface area contributed by atoms with Gasteiger partial charge in [-0.25, -0.2) is 0 Å². The van der Waals surface area contributed by atoms with E-state index in [1.165, 1.54) is 5.56 Å². The quantitative estimate of drug-likeness (QED) is 0.824. The van der Waals surface area contributed by atoms with E-state index < -0.39 is 5.91 Å². The molecule has 0 fully saturated rings. The molecule has 0 unspecified atom stereocenters. The van der Waals surface area contributed by atoms with Crippen LogP contribution in [-0.4, -0.2) is 12.5 Å². The van der Waals surface area contributed by atoms with E-state index in [0.717, 1.165) is 17.8 Å². The Hall–Kier alpha value is -2.49. The van der Waals surface area contributed by atoms with Crippen molar-refractivity contribution < 1.29 is 9.53 Å². The molecule has 3 N–H and O–H groups in total. The Balaban J connectivity index is 1.96. The van der Waals surface area contributed by atoms with Crippen LogP contribution in [0.15, 0.2) is 48.5 Å². The highest BCUT2D eigenvalue weighted by molar-refractivity contribution is 5.75. The molecule has 0 saturated carbocycles. The first-order chi connectivity index (χ1) is 10.6. The summed E-state index contributed by atoms with van der Waals surface area (Å²) in [6, 6.07) is 16.0. The lowest BCUT2D eigenvalue weighted by molar-refractivity contribution is -0.119. The third kappa shape index (κ3) is 4.52. The van der Waals surface area contributed by atoms with E-state index >= 15 is 0 Å². The van der Waals surface area contributed by atoms with Crippen LogP contribution in [0.4, 0.5) is 5.69 Å². The molecule has 0 spiro atoms. The van der Waals surface area contributed by atoms with Crippen LogP contribution in [0.25, 0.3) is 0 Å². The Morgan fingerprint density at radius 3 is 2.45 bits per heavy atom. The van der Waals surface area contributed by atoms with Gasteiger partial charge < -0.3 is 15.8 Å². The van der Waals surface area contributed by atoms with Crippen LogP contribution in [-0.2, 0) is 11.3 Å². The van der Waals surface area contributed by atoms with E-state index in [-0.39, 0.29) is 6.61 Å². The number of hydrogen-bond donors (Lipinski definition) is 2. The maximum atomic E-state index is 10.7. The van der Waals surface area contributed by atoms with Crippen LogP contribution in [0.2, 0.25) is 0 Å². The predicted octanol–water partition coefficient (Wildman–Crippen LogP) is 3.29. The van der Waals surface area contributed by atoms with Crippen molar-refractivity contribution in [2.24, 2.45) is 5.73 Å². The summed E-state index contributed by atoms with van der Waals surface area (Å²) >= 11 is 0. The predicted molar refractivity (Wildman–Crippen MR) is 89.0 cm³/mol. The summed E-state index contributed by atoms with van der Waals surface area (Å²) in [5, 5.41) is 3.47. The van der Waals surface area contributed by atoms with Gasteiger partial charge in [-0.05, 0) is 35.2 Å². The zero-order chi connectivity index (χ0) is 15.9. The molecule has 0 atom stereocenters. The normalized spacial score (nSPS) is 10.5. The molecule has 4 heteroatoms. The number of nitrogens with one attached hydrogen (secondary N) is 1. The van der Waals surface area contributed by atoms with Crippen molar-refractivity contribution in [1.82, 2.24) is 0 Å². The molecular weight excluding hydrogens is 276 g/mol. The first kappa shape index (κ1) is 15.9. The molecule has 0 aliphatic carbocycles. The standard InChI is InChI=1S/C18H22N2O2/c1-13(2)16-5-3-4-6-17(16)20-11-14-7-9-15(10-8-14)22-12-18(19)21/h3-10,13,20H,11-12H2,1-2H3,(H2,19,21). The van der Waals surface area contributed by atoms with Crippen molar-refractivity contribution in [3.8, 4) is 5.75 Å². The monoisotopic (exact) mass is 298 g/mol. The third-order valence-electron chi connectivity index (χ3n) is 3.37. The summed E-state index contributed by atoms with van der Waals surface area (Å²) in [6.07, 6.45) is 0. The Bertz CT molecular complexity index is 621. The van der Waals surface area contributed by atoms with E-state index in [1.54, 1.807) is 0 Å². The summed E-state index contributed by atoms with van der Waals surface area (Å²) in [7, 11) is 0. The average Bonchev–Trinajstić information content (AvgIpc) is 2.52. The molecule has 2 rings (SSSR count). The molecule has 0 aliphatic rings. The van der Waals surface area contributed by atoms with Gasteiger partial charge in [0, 0.05) is 12.2 Å². The second kappa shape index (κ2) is 7.50. The fourth-order valence-electron chi connectivity index (χ4n) is 2.22. The van der Waals surface area contributed by atoms with Crippen LogP contribution in [0, 0.1) is 0 Å². The fraction of sp³-hybridized carbons (Fsp3) is 0.278. The summed E-state index contributed by atoms with van der Waals surface area (Å²) < 4.78 is 5.24. The van der Waals surface area contributed by atoms with Gasteiger partial charge in [0.2, 0.25) is 0 Å². The molecule has 2 aromatic rings. The van der Waals surface area contributed by atoms with E-state index in [0.29, 0.717) is 11.7 Å². The maximum Gasteiger partial charge on any atom is 0.255 e. The SMILES string of the molecule is CC(C)c1ccccc1NCc1ccc(OCC(N)=O)cc1. The molecule has 1 amide bonds. The van der Waals surface area contributed by atoms with Crippen molar-refractivity contribution in [2.75, 3.05) is 11.9 Å². The molecule has 0 heterocycles. The number of primary amides is 1. The number of hydrogen-bond acceptors (Lipinski definition) is 3. The van der Waals surface area contributed by atoms with Crippen molar-refractivity contribution in [3.63, 3.8) is 0 Å². The van der Waals surface area contributed by atoms with Gasteiger partial charge in [-0.1, -0.05) is 44.2 Å². The van der Waals surface area contributed by atoms with Crippen molar-refractivity contribution in [3.05, 3.63) is 59.7 Å². The zero-order valence-corrected chi connectivity index (χ0v) is 13.0. The molecule has 0 radical (unpaired) electrons. The number of amides is 1.